The first kappa shape index (κ1) is 21.3. The largest absolute Gasteiger partial charge is 0.497 e. The summed E-state index contributed by atoms with van der Waals surface area (Å²) in [5.41, 5.74) is 2.29. The van der Waals surface area contributed by atoms with Crippen molar-refractivity contribution in [3.8, 4) is 11.5 Å². The topological polar surface area (TPSA) is 50.7 Å². The van der Waals surface area contributed by atoms with Crippen LogP contribution in [0.1, 0.15) is 38.3 Å². The molecule has 0 radical (unpaired) electrons. The van der Waals surface area contributed by atoms with Crippen LogP contribution in [0, 0.1) is 0 Å². The van der Waals surface area contributed by atoms with Gasteiger partial charge in [-0.05, 0) is 56.0 Å². The fourth-order valence-corrected chi connectivity index (χ4v) is 3.08. The summed E-state index contributed by atoms with van der Waals surface area (Å²) < 4.78 is 11.1. The highest BCUT2D eigenvalue weighted by Crippen LogP contribution is 2.20. The van der Waals surface area contributed by atoms with E-state index in [1.807, 2.05) is 30.3 Å². The third kappa shape index (κ3) is 7.24. The number of para-hydroxylation sites is 1. The molecule has 0 heterocycles. The maximum atomic E-state index is 10.3. The summed E-state index contributed by atoms with van der Waals surface area (Å²) in [5.74, 6) is 1.73. The molecule has 2 aromatic rings. The lowest BCUT2D eigenvalue weighted by Gasteiger charge is -2.28. The fraction of sp³-hybridized carbons (Fsp3) is 0.478. The minimum Gasteiger partial charge on any atom is -0.497 e. The summed E-state index contributed by atoms with van der Waals surface area (Å²) in [6.07, 6.45) is 2.36. The van der Waals surface area contributed by atoms with Crippen LogP contribution >= 0.6 is 0 Å². The van der Waals surface area contributed by atoms with E-state index in [4.69, 9.17) is 9.47 Å². The molecule has 1 atom stereocenters. The van der Waals surface area contributed by atoms with Gasteiger partial charge in [-0.25, -0.2) is 0 Å². The molecular formula is C23H33NO3. The van der Waals surface area contributed by atoms with E-state index in [1.165, 1.54) is 11.1 Å². The molecule has 0 aliphatic carbocycles. The molecule has 148 valence electrons. The van der Waals surface area contributed by atoms with Crippen LogP contribution in [0.3, 0.4) is 0 Å². The SMILES string of the molecule is CCCc1ccccc1OCC(O)CNC(C)(C)Cc1ccc(OC)cc1. The van der Waals surface area contributed by atoms with Gasteiger partial charge in [0.2, 0.25) is 0 Å². The van der Waals surface area contributed by atoms with Crippen molar-refractivity contribution < 1.29 is 14.6 Å². The van der Waals surface area contributed by atoms with E-state index in [0.717, 1.165) is 30.8 Å². The van der Waals surface area contributed by atoms with Gasteiger partial charge in [-0.2, -0.15) is 0 Å². The molecule has 2 N–H and O–H groups in total. The zero-order valence-corrected chi connectivity index (χ0v) is 17.0. The molecule has 0 fully saturated rings. The molecule has 4 nitrogen and oxygen atoms in total. The Morgan fingerprint density at radius 2 is 1.78 bits per heavy atom. The second kappa shape index (κ2) is 10.3. The standard InChI is InChI=1S/C23H33NO3/c1-5-8-19-9-6-7-10-22(19)27-17-20(25)16-24-23(2,3)15-18-11-13-21(26-4)14-12-18/h6-7,9-14,20,24-25H,5,8,15-17H2,1-4H3. The van der Waals surface area contributed by atoms with Crippen LogP contribution in [-0.4, -0.2) is 37.0 Å². The molecule has 0 bridgehead atoms. The number of aliphatic hydroxyl groups excluding tert-OH is 1. The normalized spacial score (nSPS) is 12.6. The average molecular weight is 372 g/mol. The number of aliphatic hydroxyl groups is 1. The third-order valence-electron chi connectivity index (χ3n) is 4.54. The summed E-state index contributed by atoms with van der Waals surface area (Å²) in [6, 6.07) is 16.2. The molecule has 1 unspecified atom stereocenters. The molecule has 4 heteroatoms. The van der Waals surface area contributed by atoms with Crippen LogP contribution in [0.25, 0.3) is 0 Å². The number of ether oxygens (including phenoxy) is 2. The van der Waals surface area contributed by atoms with Crippen molar-refractivity contribution in [3.63, 3.8) is 0 Å². The first-order valence-electron chi connectivity index (χ1n) is 9.70. The molecule has 0 saturated carbocycles. The van der Waals surface area contributed by atoms with E-state index in [2.05, 4.69) is 44.3 Å². The Bertz CT molecular complexity index is 682. The maximum absolute atomic E-state index is 10.3. The van der Waals surface area contributed by atoms with Crippen LogP contribution in [-0.2, 0) is 12.8 Å². The van der Waals surface area contributed by atoms with E-state index in [0.29, 0.717) is 6.54 Å². The van der Waals surface area contributed by atoms with Gasteiger partial charge >= 0.3 is 0 Å². The van der Waals surface area contributed by atoms with Crippen molar-refractivity contribution in [1.82, 2.24) is 5.32 Å². The van der Waals surface area contributed by atoms with Crippen LogP contribution in [0.15, 0.2) is 48.5 Å². The Morgan fingerprint density at radius 1 is 1.07 bits per heavy atom. The zero-order chi connectivity index (χ0) is 19.7. The monoisotopic (exact) mass is 371 g/mol. The number of methoxy groups -OCH3 is 1. The zero-order valence-electron chi connectivity index (χ0n) is 17.0. The van der Waals surface area contributed by atoms with Gasteiger partial charge in [0.25, 0.3) is 0 Å². The Balaban J connectivity index is 1.80. The van der Waals surface area contributed by atoms with E-state index in [-0.39, 0.29) is 12.1 Å². The van der Waals surface area contributed by atoms with Crippen molar-refractivity contribution in [2.45, 2.75) is 51.7 Å². The maximum Gasteiger partial charge on any atom is 0.122 e. The number of rotatable bonds is 11. The number of nitrogens with one attached hydrogen (secondary N) is 1. The summed E-state index contributed by atoms with van der Waals surface area (Å²) in [4.78, 5) is 0. The second-order valence-corrected chi connectivity index (χ2v) is 7.61. The number of benzene rings is 2. The number of aryl methyl sites for hydroxylation is 1. The highest BCUT2D eigenvalue weighted by molar-refractivity contribution is 5.33. The fourth-order valence-electron chi connectivity index (χ4n) is 3.08. The molecule has 0 aromatic heterocycles. The van der Waals surface area contributed by atoms with Crippen LogP contribution in [0.4, 0.5) is 0 Å². The predicted molar refractivity (Wildman–Crippen MR) is 111 cm³/mol. The second-order valence-electron chi connectivity index (χ2n) is 7.61. The summed E-state index contributed by atoms with van der Waals surface area (Å²) >= 11 is 0. The quantitative estimate of drug-likeness (QED) is 0.627. The van der Waals surface area contributed by atoms with Gasteiger partial charge in [0.1, 0.15) is 24.2 Å². The molecule has 0 aliphatic heterocycles. The van der Waals surface area contributed by atoms with E-state index in [1.54, 1.807) is 7.11 Å². The highest BCUT2D eigenvalue weighted by atomic mass is 16.5. The molecule has 0 spiro atoms. The van der Waals surface area contributed by atoms with Crippen molar-refractivity contribution >= 4 is 0 Å². The predicted octanol–water partition coefficient (Wildman–Crippen LogP) is 4.00. The first-order valence-corrected chi connectivity index (χ1v) is 9.70. The van der Waals surface area contributed by atoms with Crippen molar-refractivity contribution in [3.05, 3.63) is 59.7 Å². The van der Waals surface area contributed by atoms with Gasteiger partial charge in [0.15, 0.2) is 0 Å². The number of hydrogen-bond donors (Lipinski definition) is 2. The van der Waals surface area contributed by atoms with E-state index in [9.17, 15) is 5.11 Å². The molecule has 0 amide bonds. The molecule has 0 aliphatic rings. The Labute approximate surface area is 163 Å². The third-order valence-corrected chi connectivity index (χ3v) is 4.54. The van der Waals surface area contributed by atoms with E-state index < -0.39 is 6.10 Å². The van der Waals surface area contributed by atoms with Crippen molar-refractivity contribution in [2.75, 3.05) is 20.3 Å². The lowest BCUT2D eigenvalue weighted by molar-refractivity contribution is 0.0983. The van der Waals surface area contributed by atoms with Crippen molar-refractivity contribution in [1.29, 1.82) is 0 Å². The molecule has 2 rings (SSSR count). The lowest BCUT2D eigenvalue weighted by Crippen LogP contribution is -2.46. The Hall–Kier alpha value is -2.04. The van der Waals surface area contributed by atoms with Crippen molar-refractivity contribution in [2.24, 2.45) is 0 Å². The Morgan fingerprint density at radius 3 is 2.44 bits per heavy atom. The van der Waals surface area contributed by atoms with Crippen LogP contribution in [0.2, 0.25) is 0 Å². The first-order chi connectivity index (χ1) is 12.9. The molecular weight excluding hydrogens is 338 g/mol. The van der Waals surface area contributed by atoms with Crippen LogP contribution in [0.5, 0.6) is 11.5 Å². The minimum absolute atomic E-state index is 0.129. The van der Waals surface area contributed by atoms with Gasteiger partial charge in [-0.15, -0.1) is 0 Å². The van der Waals surface area contributed by atoms with Crippen LogP contribution < -0.4 is 14.8 Å². The van der Waals surface area contributed by atoms with Gasteiger partial charge in [0, 0.05) is 12.1 Å². The molecule has 27 heavy (non-hydrogen) atoms. The number of β-amino-alcohol motifs (C(OH)–C–C–N with tert-alkyl or cyclic N) is 1. The van der Waals surface area contributed by atoms with Gasteiger partial charge in [-0.1, -0.05) is 43.7 Å². The van der Waals surface area contributed by atoms with E-state index >= 15 is 0 Å². The van der Waals surface area contributed by atoms with Gasteiger partial charge in [0.05, 0.1) is 7.11 Å². The summed E-state index contributed by atoms with van der Waals surface area (Å²) in [5, 5.41) is 13.8. The van der Waals surface area contributed by atoms with Gasteiger partial charge in [-0.3, -0.25) is 0 Å². The molecule has 2 aromatic carbocycles. The Kier molecular flexibility index (Phi) is 8.14. The average Bonchev–Trinajstić information content (AvgIpc) is 2.66. The summed E-state index contributed by atoms with van der Waals surface area (Å²) in [6.45, 7) is 7.20. The summed E-state index contributed by atoms with van der Waals surface area (Å²) in [7, 11) is 1.67. The number of hydrogen-bond acceptors (Lipinski definition) is 4. The van der Waals surface area contributed by atoms with Gasteiger partial charge < -0.3 is 19.9 Å². The lowest BCUT2D eigenvalue weighted by atomic mass is 9.94. The molecule has 0 saturated heterocycles. The smallest absolute Gasteiger partial charge is 0.122 e. The minimum atomic E-state index is -0.560. The highest BCUT2D eigenvalue weighted by Gasteiger charge is 2.19.